The fourth-order valence-corrected chi connectivity index (χ4v) is 3.50. The number of nitrogens with zero attached hydrogens (tertiary/aromatic N) is 2. The summed E-state index contributed by atoms with van der Waals surface area (Å²) >= 11 is 0. The lowest BCUT2D eigenvalue weighted by molar-refractivity contribution is -0.0476. The summed E-state index contributed by atoms with van der Waals surface area (Å²) in [5, 5.41) is 0. The molecule has 2 aliphatic heterocycles. The van der Waals surface area contributed by atoms with Crippen LogP contribution in [0.1, 0.15) is 18.4 Å². The maximum absolute atomic E-state index is 5.74. The Morgan fingerprint density at radius 1 is 1.10 bits per heavy atom. The van der Waals surface area contributed by atoms with E-state index in [9.17, 15) is 0 Å². The van der Waals surface area contributed by atoms with Gasteiger partial charge in [0.1, 0.15) is 0 Å². The molecule has 4 heteroatoms. The molecule has 2 heterocycles. The molecule has 0 saturated carbocycles. The van der Waals surface area contributed by atoms with Crippen molar-refractivity contribution in [3.8, 4) is 0 Å². The Kier molecular flexibility index (Phi) is 5.25. The maximum Gasteiger partial charge on any atom is 0.0824 e. The number of hydrogen-bond donors (Lipinski definition) is 1. The van der Waals surface area contributed by atoms with E-state index in [2.05, 4.69) is 40.1 Å². The number of nitrogens with two attached hydrogens (primary N) is 1. The third kappa shape index (κ3) is 4.04. The van der Waals surface area contributed by atoms with Gasteiger partial charge in [-0.1, -0.05) is 30.3 Å². The van der Waals surface area contributed by atoms with E-state index in [1.165, 1.54) is 31.5 Å². The van der Waals surface area contributed by atoms with Crippen LogP contribution in [0.2, 0.25) is 0 Å². The van der Waals surface area contributed by atoms with E-state index in [-0.39, 0.29) is 6.10 Å². The number of piperidine rings is 1. The molecule has 116 valence electrons. The van der Waals surface area contributed by atoms with Crippen LogP contribution in [0.25, 0.3) is 0 Å². The number of rotatable bonds is 4. The first-order valence-electron chi connectivity index (χ1n) is 8.17. The first kappa shape index (κ1) is 15.0. The van der Waals surface area contributed by atoms with Crippen LogP contribution in [0.15, 0.2) is 30.3 Å². The molecule has 4 nitrogen and oxygen atoms in total. The number of morpholine rings is 1. The average molecular weight is 289 g/mol. The fraction of sp³-hybridized carbons (Fsp3) is 0.647. The van der Waals surface area contributed by atoms with E-state index in [1.54, 1.807) is 0 Å². The molecule has 1 aromatic rings. The van der Waals surface area contributed by atoms with Crippen molar-refractivity contribution in [2.75, 3.05) is 39.3 Å². The number of ether oxygens (including phenoxy) is 1. The topological polar surface area (TPSA) is 41.7 Å². The van der Waals surface area contributed by atoms with Crippen molar-refractivity contribution in [2.24, 2.45) is 5.73 Å². The second-order valence-electron chi connectivity index (χ2n) is 6.22. The normalized spacial score (nSPS) is 26.0. The Morgan fingerprint density at radius 3 is 2.57 bits per heavy atom. The standard InChI is InChI=1S/C17H27N3O/c18-12-17-14-20(10-11-21-17)16-6-8-19(9-7-16)13-15-4-2-1-3-5-15/h1-5,16-17H,6-14,18H2. The number of benzene rings is 1. The third-order valence-corrected chi connectivity index (χ3v) is 4.76. The van der Waals surface area contributed by atoms with Crippen molar-refractivity contribution in [3.05, 3.63) is 35.9 Å². The van der Waals surface area contributed by atoms with Crippen molar-refractivity contribution in [1.82, 2.24) is 9.80 Å². The van der Waals surface area contributed by atoms with E-state index in [4.69, 9.17) is 10.5 Å². The van der Waals surface area contributed by atoms with Crippen molar-refractivity contribution >= 4 is 0 Å². The van der Waals surface area contributed by atoms with Gasteiger partial charge in [-0.05, 0) is 31.5 Å². The van der Waals surface area contributed by atoms with Gasteiger partial charge in [0.15, 0.2) is 0 Å². The molecule has 0 aromatic heterocycles. The van der Waals surface area contributed by atoms with Gasteiger partial charge < -0.3 is 10.5 Å². The highest BCUT2D eigenvalue weighted by Gasteiger charge is 2.28. The Hall–Kier alpha value is -0.940. The van der Waals surface area contributed by atoms with Crippen molar-refractivity contribution in [2.45, 2.75) is 31.5 Å². The zero-order chi connectivity index (χ0) is 14.5. The van der Waals surface area contributed by atoms with Gasteiger partial charge >= 0.3 is 0 Å². The molecule has 2 saturated heterocycles. The van der Waals surface area contributed by atoms with Gasteiger partial charge in [-0.25, -0.2) is 0 Å². The molecular weight excluding hydrogens is 262 g/mol. The second kappa shape index (κ2) is 7.36. The zero-order valence-electron chi connectivity index (χ0n) is 12.8. The molecule has 0 amide bonds. The molecule has 0 spiro atoms. The van der Waals surface area contributed by atoms with Crippen LogP contribution in [-0.4, -0.2) is 61.3 Å². The van der Waals surface area contributed by atoms with Gasteiger partial charge in [-0.2, -0.15) is 0 Å². The Labute approximate surface area is 127 Å². The number of hydrogen-bond acceptors (Lipinski definition) is 4. The molecule has 3 rings (SSSR count). The van der Waals surface area contributed by atoms with Gasteiger partial charge in [-0.3, -0.25) is 9.80 Å². The van der Waals surface area contributed by atoms with Gasteiger partial charge in [0.2, 0.25) is 0 Å². The van der Waals surface area contributed by atoms with Crippen LogP contribution >= 0.6 is 0 Å². The van der Waals surface area contributed by atoms with E-state index in [1.807, 2.05) is 0 Å². The Bertz CT molecular complexity index is 417. The summed E-state index contributed by atoms with van der Waals surface area (Å²) in [5.41, 5.74) is 7.16. The van der Waals surface area contributed by atoms with E-state index in [0.717, 1.165) is 32.3 Å². The molecule has 0 aliphatic carbocycles. The van der Waals surface area contributed by atoms with E-state index < -0.39 is 0 Å². The van der Waals surface area contributed by atoms with E-state index >= 15 is 0 Å². The molecule has 2 N–H and O–H groups in total. The van der Waals surface area contributed by atoms with Crippen LogP contribution in [0.5, 0.6) is 0 Å². The maximum atomic E-state index is 5.74. The summed E-state index contributed by atoms with van der Waals surface area (Å²) in [5.74, 6) is 0. The molecule has 2 aliphatic rings. The van der Waals surface area contributed by atoms with Gasteiger partial charge in [0, 0.05) is 32.2 Å². The highest BCUT2D eigenvalue weighted by molar-refractivity contribution is 5.14. The third-order valence-electron chi connectivity index (χ3n) is 4.76. The van der Waals surface area contributed by atoms with Gasteiger partial charge in [0.05, 0.1) is 12.7 Å². The van der Waals surface area contributed by atoms with Crippen LogP contribution in [0, 0.1) is 0 Å². The van der Waals surface area contributed by atoms with Crippen LogP contribution in [0.3, 0.4) is 0 Å². The molecule has 1 aromatic carbocycles. The van der Waals surface area contributed by atoms with Gasteiger partial charge in [-0.15, -0.1) is 0 Å². The minimum Gasteiger partial charge on any atom is -0.374 e. The second-order valence-corrected chi connectivity index (χ2v) is 6.22. The monoisotopic (exact) mass is 289 g/mol. The Balaban J connectivity index is 1.46. The fourth-order valence-electron chi connectivity index (χ4n) is 3.50. The molecular formula is C17H27N3O. The first-order valence-corrected chi connectivity index (χ1v) is 8.17. The Morgan fingerprint density at radius 2 is 1.86 bits per heavy atom. The molecule has 0 radical (unpaired) electrons. The summed E-state index contributed by atoms with van der Waals surface area (Å²) < 4.78 is 5.67. The van der Waals surface area contributed by atoms with Crippen LogP contribution in [0.4, 0.5) is 0 Å². The summed E-state index contributed by atoms with van der Waals surface area (Å²) in [6.07, 6.45) is 2.77. The summed E-state index contributed by atoms with van der Waals surface area (Å²) in [7, 11) is 0. The van der Waals surface area contributed by atoms with Crippen molar-refractivity contribution in [1.29, 1.82) is 0 Å². The number of likely N-dealkylation sites (tertiary alicyclic amines) is 1. The van der Waals surface area contributed by atoms with Gasteiger partial charge in [0.25, 0.3) is 0 Å². The van der Waals surface area contributed by atoms with Crippen LogP contribution < -0.4 is 5.73 Å². The van der Waals surface area contributed by atoms with Crippen molar-refractivity contribution < 1.29 is 4.74 Å². The molecule has 2 fully saturated rings. The van der Waals surface area contributed by atoms with E-state index in [0.29, 0.717) is 6.54 Å². The first-order chi connectivity index (χ1) is 10.3. The lowest BCUT2D eigenvalue weighted by atomic mass is 10.0. The molecule has 21 heavy (non-hydrogen) atoms. The highest BCUT2D eigenvalue weighted by atomic mass is 16.5. The minimum absolute atomic E-state index is 0.237. The lowest BCUT2D eigenvalue weighted by Crippen LogP contribution is -2.52. The molecule has 0 bridgehead atoms. The minimum atomic E-state index is 0.237. The quantitative estimate of drug-likeness (QED) is 0.907. The summed E-state index contributed by atoms with van der Waals surface area (Å²) in [4.78, 5) is 5.17. The summed E-state index contributed by atoms with van der Waals surface area (Å²) in [6.45, 7) is 7.05. The highest BCUT2D eigenvalue weighted by Crippen LogP contribution is 2.20. The smallest absolute Gasteiger partial charge is 0.0824 e. The molecule has 1 atom stereocenters. The average Bonchev–Trinajstić information content (AvgIpc) is 2.56. The predicted octanol–water partition coefficient (Wildman–Crippen LogP) is 1.31. The molecule has 1 unspecified atom stereocenters. The summed E-state index contributed by atoms with van der Waals surface area (Å²) in [6, 6.07) is 11.5. The lowest BCUT2D eigenvalue weighted by Gasteiger charge is -2.42. The largest absolute Gasteiger partial charge is 0.374 e. The SMILES string of the molecule is NCC1CN(C2CCN(Cc3ccccc3)CC2)CCO1. The van der Waals surface area contributed by atoms with Crippen molar-refractivity contribution in [3.63, 3.8) is 0 Å². The zero-order valence-corrected chi connectivity index (χ0v) is 12.8. The predicted molar refractivity (Wildman–Crippen MR) is 85.1 cm³/mol. The van der Waals surface area contributed by atoms with Crippen LogP contribution in [-0.2, 0) is 11.3 Å².